The average molecular weight is 366 g/mol. The number of anilines is 2. The van der Waals surface area contributed by atoms with E-state index in [4.69, 9.17) is 5.73 Å². The van der Waals surface area contributed by atoms with E-state index in [1.807, 2.05) is 0 Å². The monoisotopic (exact) mass is 366 g/mol. The first kappa shape index (κ1) is 16.9. The van der Waals surface area contributed by atoms with Crippen LogP contribution in [0.1, 0.15) is 5.56 Å². The van der Waals surface area contributed by atoms with Crippen LogP contribution in [0.25, 0.3) is 22.3 Å². The zero-order chi connectivity index (χ0) is 19.0. The predicted molar refractivity (Wildman–Crippen MR) is 99.8 cm³/mol. The summed E-state index contributed by atoms with van der Waals surface area (Å²) in [5.41, 5.74) is 8.54. The van der Waals surface area contributed by atoms with Crippen LogP contribution in [0.2, 0.25) is 0 Å². The van der Waals surface area contributed by atoms with Gasteiger partial charge in [0.25, 0.3) is 0 Å². The summed E-state index contributed by atoms with van der Waals surface area (Å²) in [6.07, 6.45) is 0. The number of nitrogens with two attached hydrogens (primary N) is 1. The molecule has 0 radical (unpaired) electrons. The lowest BCUT2D eigenvalue weighted by Crippen LogP contribution is -2.05. The third-order valence-corrected chi connectivity index (χ3v) is 4.20. The molecule has 8 heteroatoms. The van der Waals surface area contributed by atoms with Gasteiger partial charge in [-0.1, -0.05) is 12.1 Å². The van der Waals surface area contributed by atoms with Crippen molar-refractivity contribution >= 4 is 22.8 Å². The maximum absolute atomic E-state index is 13.4. The highest BCUT2D eigenvalue weighted by atomic mass is 19.1. The van der Waals surface area contributed by atoms with Gasteiger partial charge in [-0.3, -0.25) is 4.68 Å². The number of nitrogens with one attached hydrogen (secondary N) is 1. The molecular formula is C19H16F2N6. The molecule has 0 aliphatic heterocycles. The lowest BCUT2D eigenvalue weighted by atomic mass is 10.1. The predicted octanol–water partition coefficient (Wildman–Crippen LogP) is 3.50. The van der Waals surface area contributed by atoms with Crippen molar-refractivity contribution in [1.29, 1.82) is 0 Å². The first-order valence-electron chi connectivity index (χ1n) is 8.26. The van der Waals surface area contributed by atoms with Crippen molar-refractivity contribution in [3.8, 4) is 11.3 Å². The highest BCUT2D eigenvalue weighted by Gasteiger charge is 2.17. The van der Waals surface area contributed by atoms with Crippen molar-refractivity contribution in [3.05, 3.63) is 65.7 Å². The topological polar surface area (TPSA) is 81.7 Å². The molecule has 6 nitrogen and oxygen atoms in total. The number of hydrogen-bond acceptors (Lipinski definition) is 5. The molecular weight excluding hydrogens is 350 g/mol. The van der Waals surface area contributed by atoms with E-state index >= 15 is 0 Å². The first-order chi connectivity index (χ1) is 13.0. The van der Waals surface area contributed by atoms with Crippen molar-refractivity contribution in [2.45, 2.75) is 6.54 Å². The number of fused-ring (bicyclic) bond motifs is 1. The Bertz CT molecular complexity index is 1120. The van der Waals surface area contributed by atoms with Gasteiger partial charge in [-0.15, -0.1) is 0 Å². The molecule has 0 amide bonds. The summed E-state index contributed by atoms with van der Waals surface area (Å²) in [7, 11) is 1.71. The largest absolute Gasteiger partial charge is 0.383 e. The van der Waals surface area contributed by atoms with Crippen LogP contribution < -0.4 is 11.1 Å². The minimum Gasteiger partial charge on any atom is -0.383 e. The number of aryl methyl sites for hydroxylation is 1. The Morgan fingerprint density at radius 2 is 1.81 bits per heavy atom. The number of rotatable bonds is 4. The Kier molecular flexibility index (Phi) is 4.15. The average Bonchev–Trinajstić information content (AvgIpc) is 2.94. The molecule has 0 unspecified atom stereocenters. The van der Waals surface area contributed by atoms with Gasteiger partial charge in [0.1, 0.15) is 17.5 Å². The van der Waals surface area contributed by atoms with Crippen molar-refractivity contribution in [1.82, 2.24) is 19.7 Å². The van der Waals surface area contributed by atoms with Crippen molar-refractivity contribution in [2.75, 3.05) is 11.1 Å². The second-order valence-electron chi connectivity index (χ2n) is 6.09. The van der Waals surface area contributed by atoms with E-state index in [-0.39, 0.29) is 11.6 Å². The van der Waals surface area contributed by atoms with E-state index in [1.54, 1.807) is 31.3 Å². The van der Waals surface area contributed by atoms with E-state index in [1.165, 1.54) is 28.9 Å². The van der Waals surface area contributed by atoms with Crippen LogP contribution in [0.3, 0.4) is 0 Å². The van der Waals surface area contributed by atoms with Gasteiger partial charge in [-0.2, -0.15) is 10.1 Å². The van der Waals surface area contributed by atoms with Crippen molar-refractivity contribution in [2.24, 2.45) is 7.05 Å². The fourth-order valence-electron chi connectivity index (χ4n) is 2.84. The smallest absolute Gasteiger partial charge is 0.225 e. The molecule has 0 bridgehead atoms. The van der Waals surface area contributed by atoms with Crippen LogP contribution >= 0.6 is 0 Å². The van der Waals surface area contributed by atoms with Gasteiger partial charge in [0.05, 0.1) is 11.1 Å². The Morgan fingerprint density at radius 1 is 1.04 bits per heavy atom. The Balaban J connectivity index is 1.77. The number of nitrogen functional groups attached to an aromatic ring is 1. The maximum Gasteiger partial charge on any atom is 0.225 e. The van der Waals surface area contributed by atoms with Crippen LogP contribution in [-0.2, 0) is 13.6 Å². The van der Waals surface area contributed by atoms with Crippen molar-refractivity contribution < 1.29 is 8.78 Å². The molecule has 2 aromatic carbocycles. The zero-order valence-electron chi connectivity index (χ0n) is 14.4. The lowest BCUT2D eigenvalue weighted by Gasteiger charge is -2.09. The van der Waals surface area contributed by atoms with Crippen LogP contribution in [-0.4, -0.2) is 19.7 Å². The minimum atomic E-state index is -0.340. The van der Waals surface area contributed by atoms with Gasteiger partial charge in [-0.05, 0) is 42.0 Å². The molecule has 0 saturated carbocycles. The molecule has 0 atom stereocenters. The molecule has 4 rings (SSSR count). The number of aromatic nitrogens is 4. The summed E-state index contributed by atoms with van der Waals surface area (Å²) in [5.74, 6) is 0.0908. The quantitative estimate of drug-likeness (QED) is 0.578. The summed E-state index contributed by atoms with van der Waals surface area (Å²) in [4.78, 5) is 8.94. The molecule has 0 spiro atoms. The molecule has 3 N–H and O–H groups in total. The molecule has 0 saturated heterocycles. The van der Waals surface area contributed by atoms with Gasteiger partial charge < -0.3 is 11.1 Å². The summed E-state index contributed by atoms with van der Waals surface area (Å²) in [5, 5.41) is 7.99. The molecule has 0 aliphatic rings. The standard InChI is InChI=1S/C19H16F2N6/c1-27-17(22)15-16(12-5-7-13(20)8-6-12)24-19(25-18(15)26-27)23-10-11-3-2-4-14(21)9-11/h2-9H,10,22H2,1H3,(H,23,25,26). The molecule has 2 aromatic heterocycles. The fourth-order valence-corrected chi connectivity index (χ4v) is 2.84. The van der Waals surface area contributed by atoms with Gasteiger partial charge >= 0.3 is 0 Å². The molecule has 27 heavy (non-hydrogen) atoms. The summed E-state index contributed by atoms with van der Waals surface area (Å²) < 4.78 is 28.2. The third-order valence-electron chi connectivity index (χ3n) is 4.20. The normalized spacial score (nSPS) is 11.1. The van der Waals surface area contributed by atoms with Crippen LogP contribution in [0.4, 0.5) is 20.5 Å². The Hall–Kier alpha value is -3.55. The lowest BCUT2D eigenvalue weighted by molar-refractivity contribution is 0.625. The van der Waals surface area contributed by atoms with Crippen molar-refractivity contribution in [3.63, 3.8) is 0 Å². The molecule has 0 fully saturated rings. The van der Waals surface area contributed by atoms with Gasteiger partial charge in [0.2, 0.25) is 5.95 Å². The second-order valence-corrected chi connectivity index (χ2v) is 6.09. The van der Waals surface area contributed by atoms with E-state index in [2.05, 4.69) is 20.4 Å². The summed E-state index contributed by atoms with van der Waals surface area (Å²) in [6.45, 7) is 0.342. The van der Waals surface area contributed by atoms with Gasteiger partial charge in [0, 0.05) is 19.2 Å². The van der Waals surface area contributed by atoms with E-state index in [0.29, 0.717) is 40.6 Å². The van der Waals surface area contributed by atoms with Crippen LogP contribution in [0.15, 0.2) is 48.5 Å². The third kappa shape index (κ3) is 3.29. The van der Waals surface area contributed by atoms with Crippen LogP contribution in [0, 0.1) is 11.6 Å². The van der Waals surface area contributed by atoms with Crippen LogP contribution in [0.5, 0.6) is 0 Å². The number of hydrogen-bond donors (Lipinski definition) is 2. The van der Waals surface area contributed by atoms with E-state index < -0.39 is 0 Å². The SMILES string of the molecule is Cn1nc2nc(NCc3cccc(F)c3)nc(-c3ccc(F)cc3)c2c1N. The Labute approximate surface area is 153 Å². The minimum absolute atomic E-state index is 0.310. The molecule has 4 aromatic rings. The zero-order valence-corrected chi connectivity index (χ0v) is 14.4. The summed E-state index contributed by atoms with van der Waals surface area (Å²) in [6, 6.07) is 12.2. The first-order valence-corrected chi connectivity index (χ1v) is 8.26. The highest BCUT2D eigenvalue weighted by Crippen LogP contribution is 2.31. The fraction of sp³-hybridized carbons (Fsp3) is 0.105. The highest BCUT2D eigenvalue weighted by molar-refractivity contribution is 5.98. The molecule has 2 heterocycles. The van der Waals surface area contributed by atoms with E-state index in [0.717, 1.165) is 5.56 Å². The second kappa shape index (κ2) is 6.64. The van der Waals surface area contributed by atoms with Gasteiger partial charge in [0.15, 0.2) is 5.65 Å². The Morgan fingerprint density at radius 3 is 2.56 bits per heavy atom. The van der Waals surface area contributed by atoms with E-state index in [9.17, 15) is 8.78 Å². The molecule has 0 aliphatic carbocycles. The van der Waals surface area contributed by atoms with Gasteiger partial charge in [-0.25, -0.2) is 13.8 Å². The maximum atomic E-state index is 13.4. The number of halogens is 2. The number of nitrogens with zero attached hydrogens (tertiary/aromatic N) is 4. The summed E-state index contributed by atoms with van der Waals surface area (Å²) >= 11 is 0. The molecule has 136 valence electrons. The number of benzene rings is 2.